The number of amides is 3. The Kier molecular flexibility index (Phi) is 6.43. The molecule has 2 aromatic rings. The Hall–Kier alpha value is -2.32. The van der Waals surface area contributed by atoms with Gasteiger partial charge in [0.1, 0.15) is 0 Å². The second-order valence-electron chi connectivity index (χ2n) is 7.77. The van der Waals surface area contributed by atoms with E-state index >= 15 is 0 Å². The van der Waals surface area contributed by atoms with Gasteiger partial charge < -0.3 is 4.90 Å². The molecule has 30 heavy (non-hydrogen) atoms. The van der Waals surface area contributed by atoms with E-state index in [1.54, 1.807) is 16.7 Å². The van der Waals surface area contributed by atoms with Crippen LogP contribution in [0.2, 0.25) is 0 Å². The largest absolute Gasteiger partial charge is 0.310 e. The molecule has 2 N–H and O–H groups in total. The summed E-state index contributed by atoms with van der Waals surface area (Å²) in [6.07, 6.45) is 3.31. The van der Waals surface area contributed by atoms with E-state index in [9.17, 15) is 14.4 Å². The number of rotatable bonds is 4. The minimum absolute atomic E-state index is 0.0311. The van der Waals surface area contributed by atoms with Crippen molar-refractivity contribution in [1.29, 1.82) is 0 Å². The molecule has 1 aromatic heterocycles. The molecule has 1 aromatic carbocycles. The number of carbonyl (C=O) groups is 3. The summed E-state index contributed by atoms with van der Waals surface area (Å²) in [4.78, 5) is 41.9. The Bertz CT molecular complexity index is 972. The Morgan fingerprint density at radius 2 is 2.00 bits per heavy atom. The van der Waals surface area contributed by atoms with Crippen LogP contribution in [0.4, 0.5) is 5.69 Å². The van der Waals surface area contributed by atoms with Crippen molar-refractivity contribution in [2.75, 3.05) is 17.2 Å². The molecule has 1 aliphatic heterocycles. The molecule has 0 saturated carbocycles. The third-order valence-electron chi connectivity index (χ3n) is 5.46. The summed E-state index contributed by atoms with van der Waals surface area (Å²) in [6, 6.07) is 9.75. The molecular formula is C22H25N3O3S2. The van der Waals surface area contributed by atoms with Gasteiger partial charge in [0.2, 0.25) is 11.8 Å². The van der Waals surface area contributed by atoms with Crippen LogP contribution in [0.1, 0.15) is 46.3 Å². The van der Waals surface area contributed by atoms with E-state index < -0.39 is 0 Å². The van der Waals surface area contributed by atoms with E-state index in [4.69, 9.17) is 0 Å². The van der Waals surface area contributed by atoms with Gasteiger partial charge in [-0.15, -0.1) is 23.1 Å². The fourth-order valence-corrected chi connectivity index (χ4v) is 5.95. The number of nitrogens with zero attached hydrogens (tertiary/aromatic N) is 1. The van der Waals surface area contributed by atoms with Crippen molar-refractivity contribution in [3.63, 3.8) is 0 Å². The minimum Gasteiger partial charge on any atom is -0.310 e. The number of fused-ring (bicyclic) bond motifs is 2. The van der Waals surface area contributed by atoms with Crippen LogP contribution in [0.5, 0.6) is 0 Å². The Morgan fingerprint density at radius 1 is 1.17 bits per heavy atom. The smallest absolute Gasteiger partial charge is 0.279 e. The van der Waals surface area contributed by atoms with Gasteiger partial charge in [-0.3, -0.25) is 25.2 Å². The van der Waals surface area contributed by atoms with Gasteiger partial charge in [0, 0.05) is 34.9 Å². The van der Waals surface area contributed by atoms with Crippen LogP contribution in [-0.2, 0) is 22.4 Å². The number of thiophene rings is 1. The molecule has 0 saturated heterocycles. The molecule has 0 fully saturated rings. The number of para-hydroxylation sites is 1. The van der Waals surface area contributed by atoms with Crippen molar-refractivity contribution in [1.82, 2.24) is 10.9 Å². The van der Waals surface area contributed by atoms with Crippen molar-refractivity contribution < 1.29 is 14.4 Å². The lowest BCUT2D eigenvalue weighted by molar-refractivity contribution is -0.125. The minimum atomic E-state index is -0.369. The summed E-state index contributed by atoms with van der Waals surface area (Å²) in [5.74, 6) is 0.735. The highest BCUT2D eigenvalue weighted by Gasteiger charge is 2.23. The van der Waals surface area contributed by atoms with Gasteiger partial charge >= 0.3 is 0 Å². The molecule has 3 amide bonds. The van der Waals surface area contributed by atoms with Crippen LogP contribution in [-0.4, -0.2) is 30.0 Å². The first-order chi connectivity index (χ1) is 14.5. The fraction of sp³-hybridized carbons (Fsp3) is 0.409. The third-order valence-corrected chi connectivity index (χ3v) is 7.74. The molecule has 2 heterocycles. The highest BCUT2D eigenvalue weighted by molar-refractivity contribution is 7.99. The van der Waals surface area contributed by atoms with E-state index in [2.05, 4.69) is 17.8 Å². The van der Waals surface area contributed by atoms with Crippen LogP contribution >= 0.6 is 23.1 Å². The van der Waals surface area contributed by atoms with Crippen LogP contribution in [0.3, 0.4) is 0 Å². The zero-order valence-corrected chi connectivity index (χ0v) is 18.5. The van der Waals surface area contributed by atoms with Crippen molar-refractivity contribution >= 4 is 46.5 Å². The van der Waals surface area contributed by atoms with E-state index in [0.717, 1.165) is 35.6 Å². The molecule has 158 valence electrons. The Balaban J connectivity index is 1.26. The maximum absolute atomic E-state index is 12.6. The summed E-state index contributed by atoms with van der Waals surface area (Å²) >= 11 is 3.24. The Labute approximate surface area is 184 Å². The van der Waals surface area contributed by atoms with Crippen molar-refractivity contribution in [2.45, 2.75) is 43.9 Å². The van der Waals surface area contributed by atoms with Crippen LogP contribution < -0.4 is 15.8 Å². The van der Waals surface area contributed by atoms with E-state index in [1.165, 1.54) is 21.8 Å². The summed E-state index contributed by atoms with van der Waals surface area (Å²) in [5.41, 5.74) is 7.08. The number of aryl methyl sites for hydroxylation is 1. The molecule has 1 unspecified atom stereocenters. The molecule has 1 aliphatic carbocycles. The zero-order valence-electron chi connectivity index (χ0n) is 16.9. The van der Waals surface area contributed by atoms with E-state index in [0.29, 0.717) is 17.3 Å². The van der Waals surface area contributed by atoms with Gasteiger partial charge in [-0.1, -0.05) is 19.1 Å². The lowest BCUT2D eigenvalue weighted by atomic mass is 9.90. The second kappa shape index (κ2) is 9.22. The molecule has 4 rings (SSSR count). The quantitative estimate of drug-likeness (QED) is 0.709. The first-order valence-corrected chi connectivity index (χ1v) is 12.0. The molecule has 2 aliphatic rings. The standard InChI is InChI=1S/C22H25N3O3S2/c1-14-6-7-17-15(12-14)13-19(30-17)22(28)24-23-20(26)8-9-21(27)25-10-11-29-18-5-3-2-4-16(18)25/h2-5,13-14H,6-12H2,1H3,(H,23,26)(H,24,28). The van der Waals surface area contributed by atoms with Gasteiger partial charge in [-0.25, -0.2) is 0 Å². The maximum Gasteiger partial charge on any atom is 0.279 e. The molecule has 0 radical (unpaired) electrons. The number of hydrogen-bond donors (Lipinski definition) is 2. The first-order valence-electron chi connectivity index (χ1n) is 10.2. The highest BCUT2D eigenvalue weighted by atomic mass is 32.2. The van der Waals surface area contributed by atoms with Crippen LogP contribution in [0, 0.1) is 5.92 Å². The van der Waals surface area contributed by atoms with Crippen LogP contribution in [0.15, 0.2) is 35.2 Å². The van der Waals surface area contributed by atoms with Gasteiger partial charge in [-0.2, -0.15) is 0 Å². The maximum atomic E-state index is 12.6. The average molecular weight is 444 g/mol. The van der Waals surface area contributed by atoms with Crippen LogP contribution in [0.25, 0.3) is 0 Å². The number of thioether (sulfide) groups is 1. The molecule has 0 bridgehead atoms. The SMILES string of the molecule is CC1CCc2sc(C(=O)NNC(=O)CCC(=O)N3CCSc4ccccc43)cc2C1. The third kappa shape index (κ3) is 4.70. The fourth-order valence-electron chi connectivity index (χ4n) is 3.85. The summed E-state index contributed by atoms with van der Waals surface area (Å²) in [5, 5.41) is 0. The number of benzene rings is 1. The van der Waals surface area contributed by atoms with Gasteiger partial charge in [-0.05, 0) is 48.9 Å². The van der Waals surface area contributed by atoms with Crippen molar-refractivity contribution in [2.24, 2.45) is 5.92 Å². The molecule has 1 atom stereocenters. The number of carbonyl (C=O) groups excluding carboxylic acids is 3. The zero-order chi connectivity index (χ0) is 21.1. The lowest BCUT2D eigenvalue weighted by Gasteiger charge is -2.29. The Morgan fingerprint density at radius 3 is 2.87 bits per heavy atom. The summed E-state index contributed by atoms with van der Waals surface area (Å²) < 4.78 is 0. The summed E-state index contributed by atoms with van der Waals surface area (Å²) in [7, 11) is 0. The average Bonchev–Trinajstić information content (AvgIpc) is 3.18. The predicted octanol–water partition coefficient (Wildman–Crippen LogP) is 3.55. The molecule has 0 spiro atoms. The number of nitrogens with one attached hydrogen (secondary N) is 2. The molecular weight excluding hydrogens is 418 g/mol. The predicted molar refractivity (Wildman–Crippen MR) is 120 cm³/mol. The molecule has 8 heteroatoms. The normalized spacial score (nSPS) is 17.6. The van der Waals surface area contributed by atoms with Gasteiger partial charge in [0.15, 0.2) is 0 Å². The first kappa shape index (κ1) is 20.9. The highest BCUT2D eigenvalue weighted by Crippen LogP contribution is 2.35. The number of hydrogen-bond acceptors (Lipinski definition) is 5. The van der Waals surface area contributed by atoms with Crippen molar-refractivity contribution in [3.8, 4) is 0 Å². The van der Waals surface area contributed by atoms with Gasteiger partial charge in [0.05, 0.1) is 10.6 Å². The molecule has 6 nitrogen and oxygen atoms in total. The lowest BCUT2D eigenvalue weighted by Crippen LogP contribution is -2.42. The second-order valence-corrected chi connectivity index (χ2v) is 10.0. The monoisotopic (exact) mass is 443 g/mol. The van der Waals surface area contributed by atoms with E-state index in [-0.39, 0.29) is 30.6 Å². The van der Waals surface area contributed by atoms with Crippen molar-refractivity contribution in [3.05, 3.63) is 45.6 Å². The number of anilines is 1. The van der Waals surface area contributed by atoms with E-state index in [1.807, 2.05) is 30.3 Å². The van der Waals surface area contributed by atoms with Gasteiger partial charge in [0.25, 0.3) is 5.91 Å². The summed E-state index contributed by atoms with van der Waals surface area (Å²) in [6.45, 7) is 2.86. The number of hydrazine groups is 1. The topological polar surface area (TPSA) is 78.5 Å².